The highest BCUT2D eigenvalue weighted by Gasteiger charge is 2.24. The molecule has 1 aromatic carbocycles. The van der Waals surface area contributed by atoms with Crippen molar-refractivity contribution in [2.24, 2.45) is 0 Å². The molecule has 1 aliphatic heterocycles. The first-order chi connectivity index (χ1) is 16.6. The maximum Gasteiger partial charge on any atom is 0.157 e. The predicted octanol–water partition coefficient (Wildman–Crippen LogP) is 4.57. The van der Waals surface area contributed by atoms with Gasteiger partial charge in [-0.15, -0.1) is 0 Å². The van der Waals surface area contributed by atoms with Crippen LogP contribution in [0.2, 0.25) is 0 Å². The summed E-state index contributed by atoms with van der Waals surface area (Å²) in [6.45, 7) is 2.77. The van der Waals surface area contributed by atoms with Crippen molar-refractivity contribution in [1.82, 2.24) is 9.88 Å². The van der Waals surface area contributed by atoms with Crippen molar-refractivity contribution in [1.29, 1.82) is 5.26 Å². The van der Waals surface area contributed by atoms with Crippen molar-refractivity contribution in [3.8, 4) is 11.8 Å². The summed E-state index contributed by atoms with van der Waals surface area (Å²) in [6, 6.07) is 13.2. The van der Waals surface area contributed by atoms with Crippen LogP contribution in [0.3, 0.4) is 0 Å². The maximum absolute atomic E-state index is 10.4. The molecule has 4 rings (SSSR count). The molecule has 2 fully saturated rings. The van der Waals surface area contributed by atoms with Gasteiger partial charge >= 0.3 is 0 Å². The standard InChI is InChI=1S/C15H20O3.C6H5N3.C6H13N/c1-17-13-8-6-12(7-9-13)14-4-2-3-5-15(14)18-11-10-16;7-4-5-2-1-3-9-6(5)8;1-7-5-3-2-4-6-7/h2-5,10,12-13H,6-9,11H2,1H3;1-3H,(H2,8,9);2-6H2,1H3. The summed E-state index contributed by atoms with van der Waals surface area (Å²) in [7, 11) is 3.98. The van der Waals surface area contributed by atoms with Crippen LogP contribution in [0, 0.1) is 11.3 Å². The number of pyridine rings is 1. The number of nitrogens with two attached hydrogens (primary N) is 1. The topological polar surface area (TPSA) is 101 Å². The molecule has 2 N–H and O–H groups in total. The summed E-state index contributed by atoms with van der Waals surface area (Å²) in [6.07, 6.45) is 11.5. The van der Waals surface area contributed by atoms with E-state index in [2.05, 4.69) is 23.0 Å². The Bertz CT molecular complexity index is 885. The molecule has 0 amide bonds. The first-order valence-corrected chi connectivity index (χ1v) is 12.1. The number of benzene rings is 1. The van der Waals surface area contributed by atoms with E-state index in [0.717, 1.165) is 37.7 Å². The average Bonchev–Trinajstić information content (AvgIpc) is 2.89. The molecule has 0 atom stereocenters. The summed E-state index contributed by atoms with van der Waals surface area (Å²) in [4.78, 5) is 16.5. The predicted molar refractivity (Wildman–Crippen MR) is 135 cm³/mol. The normalized spacial score (nSPS) is 19.9. The Morgan fingerprint density at radius 1 is 1.12 bits per heavy atom. The van der Waals surface area contributed by atoms with E-state index in [1.165, 1.54) is 37.9 Å². The van der Waals surface area contributed by atoms with Gasteiger partial charge in [0.05, 0.1) is 11.7 Å². The maximum atomic E-state index is 10.4. The number of nitrogen functional groups attached to an aromatic ring is 1. The number of hydrogen-bond acceptors (Lipinski definition) is 7. The van der Waals surface area contributed by atoms with Crippen LogP contribution >= 0.6 is 0 Å². The van der Waals surface area contributed by atoms with E-state index in [-0.39, 0.29) is 6.61 Å². The number of piperidine rings is 1. The Morgan fingerprint density at radius 3 is 2.35 bits per heavy atom. The average molecular weight is 467 g/mol. The third-order valence-corrected chi connectivity index (χ3v) is 6.21. The second-order valence-electron chi connectivity index (χ2n) is 8.64. The van der Waals surface area contributed by atoms with Crippen LogP contribution in [0.5, 0.6) is 5.75 Å². The second-order valence-corrected chi connectivity index (χ2v) is 8.64. The highest BCUT2D eigenvalue weighted by Crippen LogP contribution is 2.38. The number of ether oxygens (including phenoxy) is 2. The molecule has 1 aromatic heterocycles. The number of carbonyl (C=O) groups excluding carboxylic acids is 1. The summed E-state index contributed by atoms with van der Waals surface area (Å²) in [5.41, 5.74) is 6.96. The Balaban J connectivity index is 0.000000211. The summed E-state index contributed by atoms with van der Waals surface area (Å²) in [5, 5.41) is 8.35. The SMILES string of the molecule is CN1CCCCC1.COC1CCC(c2ccccc2OCC=O)CC1.N#Cc1cccnc1N. The molecular weight excluding hydrogens is 428 g/mol. The number of likely N-dealkylation sites (tertiary alicyclic amines) is 1. The number of aldehydes is 1. The van der Waals surface area contributed by atoms with Crippen LogP contribution in [0.1, 0.15) is 62.0 Å². The molecular formula is C27H38N4O3. The number of aromatic nitrogens is 1. The van der Waals surface area contributed by atoms with Crippen molar-refractivity contribution in [2.45, 2.75) is 57.0 Å². The quantitative estimate of drug-likeness (QED) is 0.644. The first kappa shape index (κ1) is 27.3. The second kappa shape index (κ2) is 15.8. The lowest BCUT2D eigenvalue weighted by Crippen LogP contribution is -2.24. The van der Waals surface area contributed by atoms with Crippen LogP contribution in [0.15, 0.2) is 42.6 Å². The lowest BCUT2D eigenvalue weighted by molar-refractivity contribution is -0.109. The number of carbonyl (C=O) groups is 1. The molecule has 0 unspecified atom stereocenters. The minimum Gasteiger partial charge on any atom is -0.486 e. The van der Waals surface area contributed by atoms with E-state index in [1.54, 1.807) is 25.4 Å². The van der Waals surface area contributed by atoms with Gasteiger partial charge in [-0.05, 0) is 88.3 Å². The van der Waals surface area contributed by atoms with Gasteiger partial charge in [0.15, 0.2) is 6.29 Å². The van der Waals surface area contributed by atoms with Gasteiger partial charge in [-0.1, -0.05) is 24.6 Å². The molecule has 2 heterocycles. The fourth-order valence-corrected chi connectivity index (χ4v) is 4.25. The van der Waals surface area contributed by atoms with Gasteiger partial charge in [-0.2, -0.15) is 5.26 Å². The molecule has 0 radical (unpaired) electrons. The Kier molecular flexibility index (Phi) is 12.7. The number of nitriles is 1. The molecule has 1 saturated carbocycles. The molecule has 7 nitrogen and oxygen atoms in total. The van der Waals surface area contributed by atoms with Gasteiger partial charge in [0.2, 0.25) is 0 Å². The Morgan fingerprint density at radius 2 is 1.82 bits per heavy atom. The number of methoxy groups -OCH3 is 1. The van der Waals surface area contributed by atoms with Gasteiger partial charge in [-0.3, -0.25) is 4.79 Å². The third kappa shape index (κ3) is 9.50. The van der Waals surface area contributed by atoms with E-state index in [4.69, 9.17) is 20.5 Å². The zero-order valence-electron chi connectivity index (χ0n) is 20.5. The fraction of sp³-hybridized carbons (Fsp3) is 0.519. The van der Waals surface area contributed by atoms with E-state index in [9.17, 15) is 4.79 Å². The summed E-state index contributed by atoms with van der Waals surface area (Å²) in [5.74, 6) is 1.67. The molecule has 2 aromatic rings. The molecule has 0 spiro atoms. The monoisotopic (exact) mass is 466 g/mol. The van der Waals surface area contributed by atoms with Crippen molar-refractivity contribution in [3.63, 3.8) is 0 Å². The lowest BCUT2D eigenvalue weighted by Gasteiger charge is -2.28. The number of para-hydroxylation sites is 1. The van der Waals surface area contributed by atoms with Gasteiger partial charge in [0.1, 0.15) is 24.2 Å². The minimum atomic E-state index is 0.129. The number of nitrogens with zero attached hydrogens (tertiary/aromatic N) is 3. The van der Waals surface area contributed by atoms with Crippen LogP contribution in [0.25, 0.3) is 0 Å². The van der Waals surface area contributed by atoms with Gasteiger partial charge in [0.25, 0.3) is 0 Å². The van der Waals surface area contributed by atoms with E-state index in [1.807, 2.05) is 24.3 Å². The van der Waals surface area contributed by atoms with Crippen LogP contribution in [0.4, 0.5) is 5.82 Å². The molecule has 0 bridgehead atoms. The van der Waals surface area contributed by atoms with Crippen molar-refractivity contribution in [2.75, 3.05) is 39.6 Å². The van der Waals surface area contributed by atoms with Gasteiger partial charge in [0, 0.05) is 13.3 Å². The zero-order chi connectivity index (χ0) is 24.6. The minimum absolute atomic E-state index is 0.129. The molecule has 1 saturated heterocycles. The largest absolute Gasteiger partial charge is 0.486 e. The molecule has 34 heavy (non-hydrogen) atoms. The van der Waals surface area contributed by atoms with Crippen molar-refractivity contribution in [3.05, 3.63) is 53.7 Å². The summed E-state index contributed by atoms with van der Waals surface area (Å²) < 4.78 is 10.9. The van der Waals surface area contributed by atoms with Crippen LogP contribution in [-0.2, 0) is 9.53 Å². The van der Waals surface area contributed by atoms with E-state index < -0.39 is 0 Å². The molecule has 7 heteroatoms. The Hall–Kier alpha value is -2.95. The van der Waals surface area contributed by atoms with Gasteiger partial charge < -0.3 is 20.1 Å². The molecule has 2 aliphatic rings. The van der Waals surface area contributed by atoms with E-state index >= 15 is 0 Å². The highest BCUT2D eigenvalue weighted by molar-refractivity contribution is 5.52. The Labute approximate surface area is 203 Å². The van der Waals surface area contributed by atoms with Crippen molar-refractivity contribution >= 4 is 12.1 Å². The zero-order valence-corrected chi connectivity index (χ0v) is 20.5. The van der Waals surface area contributed by atoms with Crippen molar-refractivity contribution < 1.29 is 14.3 Å². The lowest BCUT2D eigenvalue weighted by atomic mass is 9.82. The highest BCUT2D eigenvalue weighted by atomic mass is 16.5. The van der Waals surface area contributed by atoms with Crippen LogP contribution < -0.4 is 10.5 Å². The first-order valence-electron chi connectivity index (χ1n) is 12.1. The smallest absolute Gasteiger partial charge is 0.157 e. The summed E-state index contributed by atoms with van der Waals surface area (Å²) >= 11 is 0. The molecule has 184 valence electrons. The molecule has 1 aliphatic carbocycles. The third-order valence-electron chi connectivity index (χ3n) is 6.21. The number of rotatable bonds is 5. The van der Waals surface area contributed by atoms with Gasteiger partial charge in [-0.25, -0.2) is 4.98 Å². The number of anilines is 1. The van der Waals surface area contributed by atoms with Crippen LogP contribution in [-0.4, -0.2) is 56.1 Å². The van der Waals surface area contributed by atoms with E-state index in [0.29, 0.717) is 23.4 Å². The number of hydrogen-bond donors (Lipinski definition) is 1. The fourth-order valence-electron chi connectivity index (χ4n) is 4.25.